The maximum atomic E-state index is 11.2. The molecule has 2 aliphatic rings. The Hall–Kier alpha value is -0.610. The van der Waals surface area contributed by atoms with Crippen LogP contribution in [0.25, 0.3) is 0 Å². The van der Waals surface area contributed by atoms with Gasteiger partial charge in [-0.15, -0.1) is 0 Å². The SMILES string of the molecule is COC(=O)C[C@@H]1CCC2(CCNCC2)OC1. The maximum absolute atomic E-state index is 11.2. The lowest BCUT2D eigenvalue weighted by Crippen LogP contribution is -2.47. The summed E-state index contributed by atoms with van der Waals surface area (Å²) in [6, 6.07) is 0. The number of nitrogens with one attached hydrogen (secondary N) is 1. The smallest absolute Gasteiger partial charge is 0.305 e. The van der Waals surface area contributed by atoms with Gasteiger partial charge in [-0.05, 0) is 44.7 Å². The zero-order chi connectivity index (χ0) is 11.4. The third-order valence-corrected chi connectivity index (χ3v) is 3.83. The van der Waals surface area contributed by atoms with Gasteiger partial charge in [0.1, 0.15) is 0 Å². The molecule has 2 fully saturated rings. The molecule has 92 valence electrons. The molecule has 1 atom stereocenters. The summed E-state index contributed by atoms with van der Waals surface area (Å²) in [6.45, 7) is 2.83. The highest BCUT2D eigenvalue weighted by Gasteiger charge is 2.37. The lowest BCUT2D eigenvalue weighted by Gasteiger charge is -2.42. The van der Waals surface area contributed by atoms with E-state index in [-0.39, 0.29) is 11.6 Å². The number of rotatable bonds is 2. The van der Waals surface area contributed by atoms with Gasteiger partial charge in [0, 0.05) is 0 Å². The number of ether oxygens (including phenoxy) is 2. The van der Waals surface area contributed by atoms with E-state index in [1.54, 1.807) is 0 Å². The van der Waals surface area contributed by atoms with Crippen LogP contribution in [0.2, 0.25) is 0 Å². The molecule has 16 heavy (non-hydrogen) atoms. The molecule has 2 heterocycles. The molecule has 2 saturated heterocycles. The lowest BCUT2D eigenvalue weighted by atomic mass is 9.81. The van der Waals surface area contributed by atoms with Gasteiger partial charge in [0.2, 0.25) is 0 Å². The Morgan fingerprint density at radius 1 is 1.44 bits per heavy atom. The van der Waals surface area contributed by atoms with Gasteiger partial charge < -0.3 is 14.8 Å². The fourth-order valence-electron chi connectivity index (χ4n) is 2.67. The van der Waals surface area contributed by atoms with Crippen LogP contribution in [0.4, 0.5) is 0 Å². The molecule has 0 aromatic heterocycles. The van der Waals surface area contributed by atoms with E-state index < -0.39 is 0 Å². The molecule has 4 nitrogen and oxygen atoms in total. The van der Waals surface area contributed by atoms with Crippen LogP contribution in [0.1, 0.15) is 32.1 Å². The molecule has 1 spiro atoms. The molecule has 4 heteroatoms. The van der Waals surface area contributed by atoms with E-state index in [1.807, 2.05) is 0 Å². The Bertz CT molecular complexity index is 239. The minimum atomic E-state index is -0.116. The standard InChI is InChI=1S/C12H21NO3/c1-15-11(14)8-10-2-3-12(16-9-10)4-6-13-7-5-12/h10,13H,2-9H2,1H3/t10-/m0/s1. The number of carbonyl (C=O) groups is 1. The number of esters is 1. The molecule has 0 aromatic rings. The largest absolute Gasteiger partial charge is 0.469 e. The van der Waals surface area contributed by atoms with Gasteiger partial charge in [-0.3, -0.25) is 4.79 Å². The van der Waals surface area contributed by atoms with Crippen molar-refractivity contribution < 1.29 is 14.3 Å². The van der Waals surface area contributed by atoms with Crippen LogP contribution in [0.15, 0.2) is 0 Å². The number of piperidine rings is 1. The summed E-state index contributed by atoms with van der Waals surface area (Å²) in [4.78, 5) is 11.2. The Kier molecular flexibility index (Phi) is 3.82. The van der Waals surface area contributed by atoms with Gasteiger partial charge in [0.15, 0.2) is 0 Å². The average molecular weight is 227 g/mol. The topological polar surface area (TPSA) is 47.6 Å². The minimum absolute atomic E-state index is 0.109. The van der Waals surface area contributed by atoms with E-state index in [0.717, 1.165) is 45.4 Å². The number of carbonyl (C=O) groups excluding carboxylic acids is 1. The summed E-state index contributed by atoms with van der Waals surface area (Å²) in [6.07, 6.45) is 4.91. The zero-order valence-electron chi connectivity index (χ0n) is 9.96. The predicted molar refractivity (Wildman–Crippen MR) is 60.1 cm³/mol. The summed E-state index contributed by atoms with van der Waals surface area (Å²) < 4.78 is 10.7. The molecule has 1 N–H and O–H groups in total. The normalized spacial score (nSPS) is 28.9. The van der Waals surface area contributed by atoms with Crippen molar-refractivity contribution in [2.45, 2.75) is 37.7 Å². The Morgan fingerprint density at radius 3 is 2.75 bits per heavy atom. The molecule has 0 unspecified atom stereocenters. The molecule has 0 radical (unpaired) electrons. The van der Waals surface area contributed by atoms with Crippen molar-refractivity contribution in [3.63, 3.8) is 0 Å². The third kappa shape index (κ3) is 2.74. The van der Waals surface area contributed by atoms with Gasteiger partial charge in [-0.25, -0.2) is 0 Å². The summed E-state index contributed by atoms with van der Waals surface area (Å²) in [5, 5.41) is 3.35. The van der Waals surface area contributed by atoms with Crippen molar-refractivity contribution in [1.82, 2.24) is 5.32 Å². The van der Waals surface area contributed by atoms with Crippen LogP contribution in [0, 0.1) is 5.92 Å². The van der Waals surface area contributed by atoms with Crippen LogP contribution in [0.3, 0.4) is 0 Å². The van der Waals surface area contributed by atoms with Crippen LogP contribution < -0.4 is 5.32 Å². The molecule has 0 aromatic carbocycles. The van der Waals surface area contributed by atoms with Crippen molar-refractivity contribution in [2.75, 3.05) is 26.8 Å². The first-order chi connectivity index (χ1) is 7.74. The van der Waals surface area contributed by atoms with E-state index in [9.17, 15) is 4.79 Å². The zero-order valence-corrected chi connectivity index (χ0v) is 9.96. The first-order valence-corrected chi connectivity index (χ1v) is 6.16. The van der Waals surface area contributed by atoms with E-state index in [0.29, 0.717) is 12.3 Å². The van der Waals surface area contributed by atoms with Gasteiger partial charge in [-0.1, -0.05) is 0 Å². The molecule has 0 aliphatic carbocycles. The summed E-state index contributed by atoms with van der Waals surface area (Å²) >= 11 is 0. The van der Waals surface area contributed by atoms with E-state index in [1.165, 1.54) is 7.11 Å². The minimum Gasteiger partial charge on any atom is -0.469 e. The van der Waals surface area contributed by atoms with Gasteiger partial charge in [-0.2, -0.15) is 0 Å². The van der Waals surface area contributed by atoms with Crippen LogP contribution in [-0.2, 0) is 14.3 Å². The Morgan fingerprint density at radius 2 is 2.19 bits per heavy atom. The second kappa shape index (κ2) is 5.15. The molecule has 2 aliphatic heterocycles. The van der Waals surface area contributed by atoms with Gasteiger partial charge in [0.05, 0.1) is 25.7 Å². The fraction of sp³-hybridized carbons (Fsp3) is 0.917. The Balaban J connectivity index is 1.79. The highest BCUT2D eigenvalue weighted by atomic mass is 16.5. The van der Waals surface area contributed by atoms with Crippen molar-refractivity contribution >= 4 is 5.97 Å². The first-order valence-electron chi connectivity index (χ1n) is 6.16. The lowest BCUT2D eigenvalue weighted by molar-refractivity contribution is -0.148. The van der Waals surface area contributed by atoms with Crippen LogP contribution >= 0.6 is 0 Å². The molecular formula is C12H21NO3. The maximum Gasteiger partial charge on any atom is 0.305 e. The van der Waals surface area contributed by atoms with E-state index >= 15 is 0 Å². The highest BCUT2D eigenvalue weighted by Crippen LogP contribution is 2.35. The molecule has 0 amide bonds. The molecular weight excluding hydrogens is 206 g/mol. The monoisotopic (exact) mass is 227 g/mol. The van der Waals surface area contributed by atoms with E-state index in [2.05, 4.69) is 10.1 Å². The summed E-state index contributed by atoms with van der Waals surface area (Å²) in [5.74, 6) is 0.239. The molecule has 2 rings (SSSR count). The van der Waals surface area contributed by atoms with Crippen molar-refractivity contribution in [2.24, 2.45) is 5.92 Å². The predicted octanol–water partition coefficient (Wildman–Crippen LogP) is 1.10. The summed E-state index contributed by atoms with van der Waals surface area (Å²) in [5.41, 5.74) is 0.109. The van der Waals surface area contributed by atoms with Gasteiger partial charge in [0.25, 0.3) is 0 Å². The number of hydrogen-bond donors (Lipinski definition) is 1. The number of hydrogen-bond acceptors (Lipinski definition) is 4. The van der Waals surface area contributed by atoms with Crippen molar-refractivity contribution in [3.8, 4) is 0 Å². The third-order valence-electron chi connectivity index (χ3n) is 3.83. The fourth-order valence-corrected chi connectivity index (χ4v) is 2.67. The van der Waals surface area contributed by atoms with Crippen molar-refractivity contribution in [1.29, 1.82) is 0 Å². The second-order valence-corrected chi connectivity index (χ2v) is 4.93. The van der Waals surface area contributed by atoms with Crippen LogP contribution in [0.5, 0.6) is 0 Å². The Labute approximate surface area is 96.7 Å². The average Bonchev–Trinajstić information content (AvgIpc) is 2.33. The summed E-state index contributed by atoms with van der Waals surface area (Å²) in [7, 11) is 1.44. The molecule has 0 bridgehead atoms. The van der Waals surface area contributed by atoms with E-state index in [4.69, 9.17) is 4.74 Å². The first kappa shape index (κ1) is 11.9. The van der Waals surface area contributed by atoms with Gasteiger partial charge >= 0.3 is 5.97 Å². The highest BCUT2D eigenvalue weighted by molar-refractivity contribution is 5.69. The second-order valence-electron chi connectivity index (χ2n) is 4.93. The van der Waals surface area contributed by atoms with Crippen molar-refractivity contribution in [3.05, 3.63) is 0 Å². The van der Waals surface area contributed by atoms with Crippen LogP contribution in [-0.4, -0.2) is 38.4 Å². The number of methoxy groups -OCH3 is 1. The quantitative estimate of drug-likeness (QED) is 0.718. The molecule has 0 saturated carbocycles.